The number of hydrogen-bond acceptors (Lipinski definition) is 4. The fourth-order valence-electron chi connectivity index (χ4n) is 4.73. The average molecular weight is 443 g/mol. The van der Waals surface area contributed by atoms with Crippen LogP contribution in [0.1, 0.15) is 53.6 Å². The van der Waals surface area contributed by atoms with Crippen LogP contribution in [0.4, 0.5) is 5.82 Å². The molecule has 1 fully saturated rings. The van der Waals surface area contributed by atoms with E-state index in [-0.39, 0.29) is 17.5 Å². The Hall–Kier alpha value is -3.74. The van der Waals surface area contributed by atoms with Gasteiger partial charge in [-0.15, -0.1) is 0 Å². The van der Waals surface area contributed by atoms with Crippen LogP contribution >= 0.6 is 0 Å². The van der Waals surface area contributed by atoms with Gasteiger partial charge >= 0.3 is 0 Å². The molecule has 0 spiro atoms. The maximum Gasteiger partial charge on any atom is 0.278 e. The summed E-state index contributed by atoms with van der Waals surface area (Å²) in [6.45, 7) is 2.33. The molecule has 3 aromatic heterocycles. The van der Waals surface area contributed by atoms with Crippen LogP contribution in [0.5, 0.6) is 0 Å². The third kappa shape index (κ3) is 3.95. The molecule has 0 bridgehead atoms. The standard InChI is InChI=1S/C26H27N5O2/c1-17-9-8-14-30-23(17)29-24-21(26(30)33)15-20(25(32)28-19-12-6-3-7-13-19)22(27)31(24)16-18-10-4-2-5-11-18/h2,4-5,8-11,14-15,19,27H,3,6-7,12-13,16H2,1H3,(H,28,32)/p+1. The fraction of sp³-hybridized carbons (Fsp3) is 0.308. The Morgan fingerprint density at radius 1 is 1.15 bits per heavy atom. The topological polar surface area (TPSA) is 93.4 Å². The van der Waals surface area contributed by atoms with Gasteiger partial charge in [-0.1, -0.05) is 60.6 Å². The monoisotopic (exact) mass is 442 g/mol. The van der Waals surface area contributed by atoms with Gasteiger partial charge in [-0.25, -0.2) is 4.57 Å². The van der Waals surface area contributed by atoms with Crippen LogP contribution in [0, 0.1) is 6.92 Å². The maximum atomic E-state index is 13.5. The van der Waals surface area contributed by atoms with Gasteiger partial charge in [-0.2, -0.15) is 0 Å². The first-order valence-corrected chi connectivity index (χ1v) is 11.5. The van der Waals surface area contributed by atoms with Gasteiger partial charge in [0.1, 0.15) is 10.9 Å². The van der Waals surface area contributed by atoms with Gasteiger partial charge in [0, 0.05) is 17.8 Å². The second kappa shape index (κ2) is 8.65. The van der Waals surface area contributed by atoms with Gasteiger partial charge in [-0.3, -0.25) is 14.0 Å². The summed E-state index contributed by atoms with van der Waals surface area (Å²) < 4.78 is 3.32. The molecule has 0 aliphatic heterocycles. The van der Waals surface area contributed by atoms with Crippen LogP contribution in [0.2, 0.25) is 0 Å². The van der Waals surface area contributed by atoms with E-state index in [9.17, 15) is 9.59 Å². The quantitative estimate of drug-likeness (QED) is 0.375. The zero-order chi connectivity index (χ0) is 22.9. The molecule has 168 valence electrons. The van der Waals surface area contributed by atoms with Gasteiger partial charge in [-0.05, 0) is 37.5 Å². The van der Waals surface area contributed by atoms with E-state index in [0.717, 1.165) is 36.8 Å². The molecule has 5 rings (SSSR count). The third-order valence-corrected chi connectivity index (χ3v) is 6.54. The van der Waals surface area contributed by atoms with Crippen molar-refractivity contribution in [3.05, 3.63) is 81.8 Å². The van der Waals surface area contributed by atoms with E-state index in [1.807, 2.05) is 49.4 Å². The maximum absolute atomic E-state index is 13.5. The van der Waals surface area contributed by atoms with Crippen molar-refractivity contribution >= 4 is 28.4 Å². The predicted molar refractivity (Wildman–Crippen MR) is 128 cm³/mol. The van der Waals surface area contributed by atoms with E-state index >= 15 is 0 Å². The predicted octanol–water partition coefficient (Wildman–Crippen LogP) is 3.14. The minimum absolute atomic E-state index is 0.141. The Bertz CT molecular complexity index is 1410. The number of amides is 1. The molecule has 3 N–H and O–H groups in total. The summed E-state index contributed by atoms with van der Waals surface area (Å²) >= 11 is 0. The highest BCUT2D eigenvalue weighted by molar-refractivity contribution is 6.00. The van der Waals surface area contributed by atoms with Gasteiger partial charge < -0.3 is 11.1 Å². The average Bonchev–Trinajstić information content (AvgIpc) is 2.83. The number of aryl methyl sites for hydroxylation is 1. The number of nitrogens with zero attached hydrogens (tertiary/aromatic N) is 3. The molecule has 0 unspecified atom stereocenters. The van der Waals surface area contributed by atoms with Crippen molar-refractivity contribution in [2.24, 2.45) is 0 Å². The molecule has 0 atom stereocenters. The van der Waals surface area contributed by atoms with Gasteiger partial charge in [0.2, 0.25) is 11.5 Å². The van der Waals surface area contributed by atoms with Crippen molar-refractivity contribution in [3.8, 4) is 0 Å². The SMILES string of the molecule is Cc1cccn2c(=O)c3cc(C(=O)NC4CCCCC4)c(N)[n+](Cc4ccccc4)c3nc12. The van der Waals surface area contributed by atoms with Gasteiger partial charge in [0.25, 0.3) is 17.1 Å². The highest BCUT2D eigenvalue weighted by Crippen LogP contribution is 2.20. The van der Waals surface area contributed by atoms with Crippen LogP contribution in [-0.4, -0.2) is 21.3 Å². The van der Waals surface area contributed by atoms with Gasteiger partial charge in [0.15, 0.2) is 0 Å². The van der Waals surface area contributed by atoms with Crippen LogP contribution in [0.3, 0.4) is 0 Å². The molecular formula is C26H28N5O2+. The number of pyridine rings is 2. The number of carbonyl (C=O) groups excluding carboxylic acids is 1. The lowest BCUT2D eigenvalue weighted by molar-refractivity contribution is -0.649. The molecule has 1 aromatic carbocycles. The number of anilines is 1. The zero-order valence-corrected chi connectivity index (χ0v) is 18.8. The number of nitrogens with two attached hydrogens (primary N) is 1. The second-order valence-electron chi connectivity index (χ2n) is 8.86. The Kier molecular flexibility index (Phi) is 5.54. The lowest BCUT2D eigenvalue weighted by atomic mass is 9.95. The molecular weight excluding hydrogens is 414 g/mol. The molecule has 7 nitrogen and oxygen atoms in total. The summed E-state index contributed by atoms with van der Waals surface area (Å²) in [5.41, 5.74) is 9.64. The number of nitrogen functional groups attached to an aromatic ring is 1. The number of rotatable bonds is 4. The summed E-state index contributed by atoms with van der Waals surface area (Å²) in [6.07, 6.45) is 7.08. The van der Waals surface area contributed by atoms with Crippen molar-refractivity contribution in [1.29, 1.82) is 0 Å². The highest BCUT2D eigenvalue weighted by Gasteiger charge is 2.26. The first kappa shape index (κ1) is 21.1. The van der Waals surface area contributed by atoms with Crippen molar-refractivity contribution < 1.29 is 9.36 Å². The Morgan fingerprint density at radius 3 is 2.67 bits per heavy atom. The first-order chi connectivity index (χ1) is 16.0. The number of aromatic nitrogens is 3. The summed E-state index contributed by atoms with van der Waals surface area (Å²) in [5, 5.41) is 3.51. The van der Waals surface area contributed by atoms with E-state index < -0.39 is 0 Å². The largest absolute Gasteiger partial charge is 0.349 e. The zero-order valence-electron chi connectivity index (χ0n) is 18.8. The molecule has 1 aliphatic carbocycles. The third-order valence-electron chi connectivity index (χ3n) is 6.54. The Morgan fingerprint density at radius 2 is 1.91 bits per heavy atom. The normalized spacial score (nSPS) is 14.6. The summed E-state index contributed by atoms with van der Waals surface area (Å²) in [7, 11) is 0. The summed E-state index contributed by atoms with van der Waals surface area (Å²) in [4.78, 5) is 31.6. The molecule has 3 heterocycles. The molecule has 0 radical (unpaired) electrons. The molecule has 33 heavy (non-hydrogen) atoms. The second-order valence-corrected chi connectivity index (χ2v) is 8.86. The number of fused-ring (bicyclic) bond motifs is 2. The van der Waals surface area contributed by atoms with E-state index in [4.69, 9.17) is 10.7 Å². The van der Waals surface area contributed by atoms with Gasteiger partial charge in [0.05, 0.1) is 6.54 Å². The van der Waals surface area contributed by atoms with Crippen molar-refractivity contribution in [1.82, 2.24) is 14.7 Å². The van der Waals surface area contributed by atoms with E-state index in [1.54, 1.807) is 16.8 Å². The minimum Gasteiger partial charge on any atom is -0.349 e. The van der Waals surface area contributed by atoms with E-state index in [1.165, 1.54) is 10.8 Å². The lowest BCUT2D eigenvalue weighted by Gasteiger charge is -2.23. The smallest absolute Gasteiger partial charge is 0.278 e. The molecule has 1 saturated carbocycles. The highest BCUT2D eigenvalue weighted by atomic mass is 16.2. The molecule has 1 amide bonds. The van der Waals surface area contributed by atoms with Crippen molar-refractivity contribution in [2.75, 3.05) is 5.73 Å². The minimum atomic E-state index is -0.239. The van der Waals surface area contributed by atoms with Crippen LogP contribution in [0.15, 0.2) is 59.5 Å². The number of benzene rings is 1. The molecule has 7 heteroatoms. The number of hydrogen-bond donors (Lipinski definition) is 2. The van der Waals surface area contributed by atoms with Crippen molar-refractivity contribution in [3.63, 3.8) is 0 Å². The van der Waals surface area contributed by atoms with Crippen LogP contribution < -0.4 is 21.2 Å². The number of carbonyl (C=O) groups is 1. The summed E-state index contributed by atoms with van der Waals surface area (Å²) in [5.74, 6) is 0.0707. The summed E-state index contributed by atoms with van der Waals surface area (Å²) in [6, 6.07) is 15.3. The van der Waals surface area contributed by atoms with Crippen LogP contribution in [0.25, 0.3) is 16.7 Å². The Balaban J connectivity index is 1.71. The number of nitrogens with one attached hydrogen (secondary N) is 1. The van der Waals surface area contributed by atoms with E-state index in [0.29, 0.717) is 34.6 Å². The molecule has 1 aliphatic rings. The van der Waals surface area contributed by atoms with E-state index in [2.05, 4.69) is 5.32 Å². The lowest BCUT2D eigenvalue weighted by Crippen LogP contribution is -2.44. The molecule has 0 saturated heterocycles. The van der Waals surface area contributed by atoms with Crippen molar-refractivity contribution in [2.45, 2.75) is 51.6 Å². The fourth-order valence-corrected chi connectivity index (χ4v) is 4.73. The first-order valence-electron chi connectivity index (χ1n) is 11.5. The molecule has 4 aromatic rings. The Labute approximate surface area is 191 Å². The van der Waals surface area contributed by atoms with Crippen LogP contribution in [-0.2, 0) is 6.54 Å².